The molecule has 3 nitrogen and oxygen atoms in total. The first-order valence-electron chi connectivity index (χ1n) is 4.94. The van der Waals surface area contributed by atoms with Crippen molar-refractivity contribution in [2.75, 3.05) is 5.32 Å². The smallest absolute Gasteiger partial charge is 0.257 e. The lowest BCUT2D eigenvalue weighted by Crippen LogP contribution is -2.14. The number of aromatic nitrogens is 1. The molecule has 1 aromatic carbocycles. The van der Waals surface area contributed by atoms with Gasteiger partial charge in [-0.05, 0) is 68.9 Å². The predicted octanol–water partition coefficient (Wildman–Crippen LogP) is 4.46. The molecule has 2 aromatic rings. The number of nitrogens with one attached hydrogen (secondary N) is 1. The highest BCUT2D eigenvalue weighted by Gasteiger charge is 2.11. The normalized spacial score (nSPS) is 10.2. The molecule has 0 aliphatic carbocycles. The number of nitrogens with zero attached hydrogens (tertiary/aromatic N) is 1. The van der Waals surface area contributed by atoms with Gasteiger partial charge < -0.3 is 5.32 Å². The minimum atomic E-state index is -0.171. The standard InChI is InChI=1S/C12H7Br2IN2O/c13-7-1-3-10(15)9(5-7)12(18)17-11-4-2-8(14)6-16-11/h1-6H,(H,16,17,18). The summed E-state index contributed by atoms with van der Waals surface area (Å²) < 4.78 is 2.64. The first kappa shape index (κ1) is 14.0. The number of carbonyl (C=O) groups excluding carboxylic acids is 1. The molecule has 0 unspecified atom stereocenters. The van der Waals surface area contributed by atoms with Crippen molar-refractivity contribution in [3.05, 3.63) is 54.6 Å². The van der Waals surface area contributed by atoms with Crippen molar-refractivity contribution >= 4 is 66.2 Å². The van der Waals surface area contributed by atoms with Gasteiger partial charge in [0.2, 0.25) is 0 Å². The second-order valence-electron chi connectivity index (χ2n) is 3.44. The number of pyridine rings is 1. The van der Waals surface area contributed by atoms with E-state index in [2.05, 4.69) is 64.8 Å². The zero-order valence-corrected chi connectivity index (χ0v) is 14.3. The molecule has 0 bridgehead atoms. The van der Waals surface area contributed by atoms with Crippen LogP contribution in [0.4, 0.5) is 5.82 Å². The van der Waals surface area contributed by atoms with E-state index >= 15 is 0 Å². The second kappa shape index (κ2) is 6.12. The molecule has 6 heteroatoms. The maximum absolute atomic E-state index is 12.1. The molecule has 0 spiro atoms. The lowest BCUT2D eigenvalue weighted by atomic mass is 10.2. The molecule has 0 fully saturated rings. The molecule has 1 amide bonds. The first-order chi connectivity index (χ1) is 8.56. The number of amides is 1. The van der Waals surface area contributed by atoms with E-state index in [0.717, 1.165) is 12.5 Å². The van der Waals surface area contributed by atoms with E-state index in [9.17, 15) is 4.79 Å². The third-order valence-corrected chi connectivity index (χ3v) is 4.05. The van der Waals surface area contributed by atoms with Crippen molar-refractivity contribution in [2.24, 2.45) is 0 Å². The van der Waals surface area contributed by atoms with Crippen LogP contribution in [0.1, 0.15) is 10.4 Å². The molecular formula is C12H7Br2IN2O. The molecular weight excluding hydrogens is 475 g/mol. The van der Waals surface area contributed by atoms with E-state index in [0.29, 0.717) is 11.4 Å². The Balaban J connectivity index is 2.21. The molecule has 0 radical (unpaired) electrons. The Morgan fingerprint density at radius 1 is 1.17 bits per heavy atom. The van der Waals surface area contributed by atoms with Crippen LogP contribution >= 0.6 is 54.5 Å². The summed E-state index contributed by atoms with van der Waals surface area (Å²) in [6.45, 7) is 0. The highest BCUT2D eigenvalue weighted by molar-refractivity contribution is 14.1. The number of hydrogen-bond acceptors (Lipinski definition) is 2. The van der Waals surface area contributed by atoms with E-state index in [1.165, 1.54) is 0 Å². The van der Waals surface area contributed by atoms with Gasteiger partial charge in [0.05, 0.1) is 5.56 Å². The second-order valence-corrected chi connectivity index (χ2v) is 6.43. The zero-order valence-electron chi connectivity index (χ0n) is 8.95. The number of halogens is 3. The van der Waals surface area contributed by atoms with Crippen molar-refractivity contribution in [3.8, 4) is 0 Å². The quantitative estimate of drug-likeness (QED) is 0.643. The Kier molecular flexibility index (Phi) is 4.74. The molecule has 0 saturated carbocycles. The molecule has 2 rings (SSSR count). The lowest BCUT2D eigenvalue weighted by Gasteiger charge is -2.06. The van der Waals surface area contributed by atoms with Crippen LogP contribution < -0.4 is 5.32 Å². The highest BCUT2D eigenvalue weighted by atomic mass is 127. The third kappa shape index (κ3) is 3.52. The molecule has 18 heavy (non-hydrogen) atoms. The summed E-state index contributed by atoms with van der Waals surface area (Å²) in [6.07, 6.45) is 1.64. The largest absolute Gasteiger partial charge is 0.307 e. The van der Waals surface area contributed by atoms with E-state index in [1.54, 1.807) is 18.3 Å². The zero-order chi connectivity index (χ0) is 13.1. The molecule has 1 heterocycles. The van der Waals surface area contributed by atoms with E-state index in [4.69, 9.17) is 0 Å². The summed E-state index contributed by atoms with van der Waals surface area (Å²) in [6, 6.07) is 9.14. The van der Waals surface area contributed by atoms with Crippen molar-refractivity contribution in [2.45, 2.75) is 0 Å². The van der Waals surface area contributed by atoms with E-state index in [1.807, 2.05) is 18.2 Å². The van der Waals surface area contributed by atoms with Crippen molar-refractivity contribution in [3.63, 3.8) is 0 Å². The van der Waals surface area contributed by atoms with Gasteiger partial charge in [0.15, 0.2) is 0 Å². The van der Waals surface area contributed by atoms with Crippen LogP contribution in [0, 0.1) is 3.57 Å². The van der Waals surface area contributed by atoms with Crippen LogP contribution in [0.5, 0.6) is 0 Å². The monoisotopic (exact) mass is 480 g/mol. The van der Waals surface area contributed by atoms with Gasteiger partial charge in [0.1, 0.15) is 5.82 Å². The number of carbonyl (C=O) groups is 1. The van der Waals surface area contributed by atoms with Crippen LogP contribution in [0.25, 0.3) is 0 Å². The van der Waals surface area contributed by atoms with Crippen molar-refractivity contribution in [1.82, 2.24) is 4.98 Å². The van der Waals surface area contributed by atoms with Gasteiger partial charge in [0.25, 0.3) is 5.91 Å². The molecule has 1 aromatic heterocycles. The number of benzene rings is 1. The number of rotatable bonds is 2. The summed E-state index contributed by atoms with van der Waals surface area (Å²) in [5.74, 6) is 0.356. The molecule has 92 valence electrons. The van der Waals surface area contributed by atoms with Gasteiger partial charge in [-0.15, -0.1) is 0 Å². The number of hydrogen-bond donors (Lipinski definition) is 1. The van der Waals surface area contributed by atoms with Crippen LogP contribution in [-0.2, 0) is 0 Å². The minimum absolute atomic E-state index is 0.171. The van der Waals surface area contributed by atoms with Gasteiger partial charge in [-0.25, -0.2) is 4.98 Å². The fourth-order valence-electron chi connectivity index (χ4n) is 1.30. The summed E-state index contributed by atoms with van der Waals surface area (Å²) in [5, 5.41) is 2.76. The van der Waals surface area contributed by atoms with Gasteiger partial charge >= 0.3 is 0 Å². The third-order valence-electron chi connectivity index (χ3n) is 2.14. The average Bonchev–Trinajstić information content (AvgIpc) is 2.35. The summed E-state index contributed by atoms with van der Waals surface area (Å²) in [7, 11) is 0. The maximum Gasteiger partial charge on any atom is 0.257 e. The van der Waals surface area contributed by atoms with Gasteiger partial charge in [-0.1, -0.05) is 15.9 Å². The fraction of sp³-hybridized carbons (Fsp3) is 0. The maximum atomic E-state index is 12.1. The van der Waals surface area contributed by atoms with E-state index in [-0.39, 0.29) is 5.91 Å². The van der Waals surface area contributed by atoms with Crippen LogP contribution in [0.3, 0.4) is 0 Å². The number of anilines is 1. The Bertz CT molecular complexity index is 587. The summed E-state index contributed by atoms with van der Waals surface area (Å²) in [4.78, 5) is 16.2. The van der Waals surface area contributed by atoms with Gasteiger partial charge in [0, 0.05) is 18.7 Å². The minimum Gasteiger partial charge on any atom is -0.307 e. The Morgan fingerprint density at radius 2 is 1.89 bits per heavy atom. The van der Waals surface area contributed by atoms with Crippen LogP contribution in [-0.4, -0.2) is 10.9 Å². The van der Waals surface area contributed by atoms with E-state index < -0.39 is 0 Å². The molecule has 0 saturated heterocycles. The lowest BCUT2D eigenvalue weighted by molar-refractivity contribution is 0.102. The summed E-state index contributed by atoms with van der Waals surface area (Å²) >= 11 is 8.78. The molecule has 0 atom stereocenters. The summed E-state index contributed by atoms with van der Waals surface area (Å²) in [5.41, 5.74) is 0.620. The molecule has 0 aliphatic heterocycles. The topological polar surface area (TPSA) is 42.0 Å². The SMILES string of the molecule is O=C(Nc1ccc(Br)cn1)c1cc(Br)ccc1I. The Morgan fingerprint density at radius 3 is 2.56 bits per heavy atom. The van der Waals surface area contributed by atoms with Crippen molar-refractivity contribution < 1.29 is 4.79 Å². The van der Waals surface area contributed by atoms with Crippen LogP contribution in [0.15, 0.2) is 45.5 Å². The van der Waals surface area contributed by atoms with Crippen molar-refractivity contribution in [1.29, 1.82) is 0 Å². The van der Waals surface area contributed by atoms with Gasteiger partial charge in [-0.3, -0.25) is 4.79 Å². The Labute approximate surface area is 135 Å². The highest BCUT2D eigenvalue weighted by Crippen LogP contribution is 2.19. The molecule has 0 aliphatic rings. The first-order valence-corrected chi connectivity index (χ1v) is 7.61. The Hall–Kier alpha value is -0.470. The van der Waals surface area contributed by atoms with Gasteiger partial charge in [-0.2, -0.15) is 0 Å². The van der Waals surface area contributed by atoms with Crippen LogP contribution in [0.2, 0.25) is 0 Å². The molecule has 1 N–H and O–H groups in total. The fourth-order valence-corrected chi connectivity index (χ4v) is 2.48. The average molecular weight is 482 g/mol. The predicted molar refractivity (Wildman–Crippen MR) is 86.7 cm³/mol.